The standard InChI is InChI=1S/C24H25ClN4O/c1-17-22(16-19-8-10-21(25)11-9-19)24(29-14-12-28(13-15-29)18(2)30)27-23(26-17)20-6-4-3-5-7-20/h3-11H,12-16H2,1-2H3. The predicted molar refractivity (Wildman–Crippen MR) is 121 cm³/mol. The number of amides is 1. The second kappa shape index (κ2) is 8.84. The second-order valence-corrected chi connectivity index (χ2v) is 8.03. The van der Waals surface area contributed by atoms with Crippen molar-refractivity contribution in [3.8, 4) is 11.4 Å². The van der Waals surface area contributed by atoms with Crippen molar-refractivity contribution in [2.75, 3.05) is 31.1 Å². The van der Waals surface area contributed by atoms with Crippen molar-refractivity contribution in [1.82, 2.24) is 14.9 Å². The number of aromatic nitrogens is 2. The summed E-state index contributed by atoms with van der Waals surface area (Å²) in [6.45, 7) is 6.62. The lowest BCUT2D eigenvalue weighted by atomic mass is 10.0. The van der Waals surface area contributed by atoms with Crippen molar-refractivity contribution in [3.63, 3.8) is 0 Å². The summed E-state index contributed by atoms with van der Waals surface area (Å²) in [5.74, 6) is 1.82. The van der Waals surface area contributed by atoms with E-state index >= 15 is 0 Å². The highest BCUT2D eigenvalue weighted by Crippen LogP contribution is 2.28. The number of nitrogens with zero attached hydrogens (tertiary/aromatic N) is 4. The van der Waals surface area contributed by atoms with Gasteiger partial charge in [-0.3, -0.25) is 4.79 Å². The summed E-state index contributed by atoms with van der Waals surface area (Å²) in [4.78, 5) is 25.7. The molecule has 0 saturated carbocycles. The molecule has 1 saturated heterocycles. The molecule has 154 valence electrons. The highest BCUT2D eigenvalue weighted by atomic mass is 35.5. The minimum atomic E-state index is 0.125. The first-order valence-electron chi connectivity index (χ1n) is 10.2. The predicted octanol–water partition coefficient (Wildman–Crippen LogP) is 4.36. The number of piperazine rings is 1. The third-order valence-electron chi connectivity index (χ3n) is 5.54. The van der Waals surface area contributed by atoms with Crippen LogP contribution in [-0.4, -0.2) is 47.0 Å². The summed E-state index contributed by atoms with van der Waals surface area (Å²) in [5, 5.41) is 0.728. The summed E-state index contributed by atoms with van der Waals surface area (Å²) in [5.41, 5.74) is 4.26. The molecule has 1 aliphatic heterocycles. The van der Waals surface area contributed by atoms with Crippen molar-refractivity contribution in [2.45, 2.75) is 20.3 Å². The Bertz CT molecular complexity index is 1030. The van der Waals surface area contributed by atoms with Crippen LogP contribution in [-0.2, 0) is 11.2 Å². The maximum absolute atomic E-state index is 11.7. The van der Waals surface area contributed by atoms with Gasteiger partial charge >= 0.3 is 0 Å². The molecule has 1 aliphatic rings. The van der Waals surface area contributed by atoms with Crippen LogP contribution in [0.3, 0.4) is 0 Å². The smallest absolute Gasteiger partial charge is 0.219 e. The van der Waals surface area contributed by atoms with E-state index in [4.69, 9.17) is 21.6 Å². The number of carbonyl (C=O) groups excluding carboxylic acids is 1. The zero-order chi connectivity index (χ0) is 21.1. The van der Waals surface area contributed by atoms with Crippen LogP contribution in [0, 0.1) is 6.92 Å². The molecule has 2 heterocycles. The zero-order valence-corrected chi connectivity index (χ0v) is 18.1. The molecule has 5 nitrogen and oxygen atoms in total. The quantitative estimate of drug-likeness (QED) is 0.629. The monoisotopic (exact) mass is 420 g/mol. The molecule has 0 unspecified atom stereocenters. The van der Waals surface area contributed by atoms with Crippen LogP contribution < -0.4 is 4.90 Å². The molecule has 30 heavy (non-hydrogen) atoms. The molecule has 0 spiro atoms. The molecule has 4 rings (SSSR count). The van der Waals surface area contributed by atoms with Crippen molar-refractivity contribution in [1.29, 1.82) is 0 Å². The van der Waals surface area contributed by atoms with E-state index in [0.29, 0.717) is 13.1 Å². The van der Waals surface area contributed by atoms with Gasteiger partial charge in [-0.15, -0.1) is 0 Å². The van der Waals surface area contributed by atoms with Crippen LogP contribution in [0.25, 0.3) is 11.4 Å². The fraction of sp³-hybridized carbons (Fsp3) is 0.292. The van der Waals surface area contributed by atoms with Gasteiger partial charge in [0.15, 0.2) is 5.82 Å². The number of rotatable bonds is 4. The minimum Gasteiger partial charge on any atom is -0.353 e. The first-order chi connectivity index (χ1) is 14.5. The molecule has 0 radical (unpaired) electrons. The highest BCUT2D eigenvalue weighted by Gasteiger charge is 2.24. The third kappa shape index (κ3) is 4.46. The summed E-state index contributed by atoms with van der Waals surface area (Å²) in [7, 11) is 0. The zero-order valence-electron chi connectivity index (χ0n) is 17.3. The Morgan fingerprint density at radius 2 is 1.63 bits per heavy atom. The summed E-state index contributed by atoms with van der Waals surface area (Å²) >= 11 is 6.06. The highest BCUT2D eigenvalue weighted by molar-refractivity contribution is 6.30. The number of benzene rings is 2. The number of hydrogen-bond acceptors (Lipinski definition) is 4. The number of anilines is 1. The van der Waals surface area contributed by atoms with Gasteiger partial charge in [0.2, 0.25) is 5.91 Å². The van der Waals surface area contributed by atoms with E-state index in [1.807, 2.05) is 59.5 Å². The summed E-state index contributed by atoms with van der Waals surface area (Å²) in [6.07, 6.45) is 0.736. The molecule has 1 aromatic heterocycles. The second-order valence-electron chi connectivity index (χ2n) is 7.60. The van der Waals surface area contributed by atoms with Crippen molar-refractivity contribution < 1.29 is 4.79 Å². The average molecular weight is 421 g/mol. The Balaban J connectivity index is 1.72. The number of aryl methyl sites for hydroxylation is 1. The fourth-order valence-electron chi connectivity index (χ4n) is 3.81. The summed E-state index contributed by atoms with van der Waals surface area (Å²) < 4.78 is 0. The Morgan fingerprint density at radius 3 is 2.27 bits per heavy atom. The van der Waals surface area contributed by atoms with Gasteiger partial charge in [-0.25, -0.2) is 9.97 Å². The van der Waals surface area contributed by atoms with Gasteiger partial charge in [-0.2, -0.15) is 0 Å². The van der Waals surface area contributed by atoms with E-state index in [2.05, 4.69) is 11.8 Å². The largest absolute Gasteiger partial charge is 0.353 e. The van der Waals surface area contributed by atoms with Crippen molar-refractivity contribution in [3.05, 3.63) is 76.4 Å². The van der Waals surface area contributed by atoms with E-state index in [1.54, 1.807) is 6.92 Å². The van der Waals surface area contributed by atoms with E-state index in [0.717, 1.165) is 53.0 Å². The van der Waals surface area contributed by atoms with Gasteiger partial charge in [-0.05, 0) is 24.6 Å². The third-order valence-corrected chi connectivity index (χ3v) is 5.79. The van der Waals surface area contributed by atoms with Gasteiger partial charge in [0.05, 0.1) is 0 Å². The molecule has 0 bridgehead atoms. The van der Waals surface area contributed by atoms with E-state index in [9.17, 15) is 4.79 Å². The molecule has 2 aromatic carbocycles. The van der Waals surface area contributed by atoms with Gasteiger partial charge in [-0.1, -0.05) is 54.1 Å². The molecule has 6 heteroatoms. The van der Waals surface area contributed by atoms with Gasteiger partial charge in [0.25, 0.3) is 0 Å². The van der Waals surface area contributed by atoms with Crippen LogP contribution in [0.15, 0.2) is 54.6 Å². The van der Waals surface area contributed by atoms with Gasteiger partial charge in [0, 0.05) is 61.4 Å². The van der Waals surface area contributed by atoms with E-state index in [-0.39, 0.29) is 5.91 Å². The van der Waals surface area contributed by atoms with Crippen LogP contribution in [0.5, 0.6) is 0 Å². The van der Waals surface area contributed by atoms with Crippen LogP contribution >= 0.6 is 11.6 Å². The lowest BCUT2D eigenvalue weighted by Crippen LogP contribution is -2.48. The van der Waals surface area contributed by atoms with Gasteiger partial charge in [0.1, 0.15) is 5.82 Å². The van der Waals surface area contributed by atoms with Crippen LogP contribution in [0.2, 0.25) is 5.02 Å². The molecule has 0 aliphatic carbocycles. The molecule has 1 fully saturated rings. The first-order valence-corrected chi connectivity index (χ1v) is 10.6. The normalized spacial score (nSPS) is 14.1. The van der Waals surface area contributed by atoms with Crippen molar-refractivity contribution in [2.24, 2.45) is 0 Å². The lowest BCUT2D eigenvalue weighted by Gasteiger charge is -2.36. The van der Waals surface area contributed by atoms with Crippen LogP contribution in [0.1, 0.15) is 23.7 Å². The van der Waals surface area contributed by atoms with Crippen molar-refractivity contribution >= 4 is 23.3 Å². The molecular formula is C24H25ClN4O. The fourth-order valence-corrected chi connectivity index (χ4v) is 3.93. The minimum absolute atomic E-state index is 0.125. The Morgan fingerprint density at radius 1 is 0.967 bits per heavy atom. The maximum atomic E-state index is 11.7. The first kappa shape index (κ1) is 20.4. The number of hydrogen-bond donors (Lipinski definition) is 0. The Labute approximate surface area is 182 Å². The molecule has 0 atom stereocenters. The average Bonchev–Trinajstić information content (AvgIpc) is 2.77. The molecule has 3 aromatic rings. The SMILES string of the molecule is CC(=O)N1CCN(c2nc(-c3ccccc3)nc(C)c2Cc2ccc(Cl)cc2)CC1. The van der Waals surface area contributed by atoms with E-state index in [1.165, 1.54) is 5.56 Å². The van der Waals surface area contributed by atoms with Crippen LogP contribution in [0.4, 0.5) is 5.82 Å². The topological polar surface area (TPSA) is 49.3 Å². The lowest BCUT2D eigenvalue weighted by molar-refractivity contribution is -0.129. The van der Waals surface area contributed by atoms with Gasteiger partial charge < -0.3 is 9.80 Å². The summed E-state index contributed by atoms with van der Waals surface area (Å²) in [6, 6.07) is 18.0. The Kier molecular flexibility index (Phi) is 6.00. The number of halogens is 1. The molecular weight excluding hydrogens is 396 g/mol. The Hall–Kier alpha value is -2.92. The number of carbonyl (C=O) groups is 1. The molecule has 0 N–H and O–H groups in total. The van der Waals surface area contributed by atoms with E-state index < -0.39 is 0 Å². The maximum Gasteiger partial charge on any atom is 0.219 e. The molecule has 1 amide bonds.